The Hall–Kier alpha value is -1.88. The Kier molecular flexibility index (Phi) is 9.60. The van der Waals surface area contributed by atoms with E-state index in [2.05, 4.69) is 25.0 Å². The number of likely N-dealkylation sites (tertiary alicyclic amines) is 1. The Labute approximate surface area is 230 Å². The van der Waals surface area contributed by atoms with Crippen LogP contribution in [-0.4, -0.2) is 119 Å². The minimum Gasteiger partial charge on any atom is -0.465 e. The maximum atomic E-state index is 14.4. The third kappa shape index (κ3) is 5.17. The first-order valence-electron chi connectivity index (χ1n) is 13.9. The third-order valence-corrected chi connectivity index (χ3v) is 10.8. The van der Waals surface area contributed by atoms with Crippen LogP contribution in [0.25, 0.3) is 0 Å². The van der Waals surface area contributed by atoms with Crippen LogP contribution in [0.15, 0.2) is 25.3 Å². The van der Waals surface area contributed by atoms with Gasteiger partial charge in [-0.3, -0.25) is 19.3 Å². The summed E-state index contributed by atoms with van der Waals surface area (Å²) in [4.78, 5) is 47.4. The van der Waals surface area contributed by atoms with Crippen molar-refractivity contribution in [3.63, 3.8) is 0 Å². The number of aliphatic hydroxyl groups excluding tert-OH is 1. The standard InChI is InChI=1S/C28H43N3O6S/c1-5-7-8-14-37-27(35)22-21-17-19(3)28(38-21)23(22)25(33)31(20(4)18-32)24(28)26(34)30(9-6-2)11-10-29-12-15-36-16-13-29/h5-6,19-24,32H,1-2,7-18H2,3-4H3/t19?,20-,21+,22-,23+,24?,28?/m1/s1. The number of ether oxygens (including phenoxy) is 2. The summed E-state index contributed by atoms with van der Waals surface area (Å²) in [5.41, 5.74) is 0. The average molecular weight is 550 g/mol. The first-order chi connectivity index (χ1) is 18.3. The van der Waals surface area contributed by atoms with E-state index in [0.29, 0.717) is 39.3 Å². The number of hydrogen-bond acceptors (Lipinski definition) is 8. The minimum atomic E-state index is -0.754. The molecule has 10 heteroatoms. The Morgan fingerprint density at radius 2 is 2.05 bits per heavy atom. The van der Waals surface area contributed by atoms with E-state index in [1.165, 1.54) is 0 Å². The van der Waals surface area contributed by atoms with Crippen LogP contribution < -0.4 is 0 Å². The van der Waals surface area contributed by atoms with E-state index in [-0.39, 0.29) is 42.2 Å². The van der Waals surface area contributed by atoms with Gasteiger partial charge in [0.25, 0.3) is 0 Å². The molecule has 9 nitrogen and oxygen atoms in total. The van der Waals surface area contributed by atoms with E-state index < -0.39 is 28.7 Å². The van der Waals surface area contributed by atoms with Crippen molar-refractivity contribution >= 4 is 29.5 Å². The van der Waals surface area contributed by atoms with Crippen molar-refractivity contribution in [2.75, 3.05) is 59.2 Å². The summed E-state index contributed by atoms with van der Waals surface area (Å²) in [6.07, 6.45) is 5.70. The third-order valence-electron chi connectivity index (χ3n) is 8.68. The highest BCUT2D eigenvalue weighted by molar-refractivity contribution is 8.02. The van der Waals surface area contributed by atoms with E-state index in [9.17, 15) is 19.5 Å². The summed E-state index contributed by atoms with van der Waals surface area (Å²) in [5, 5.41) is 10.0. The molecular formula is C28H43N3O6S. The van der Waals surface area contributed by atoms with Gasteiger partial charge in [0.1, 0.15) is 6.04 Å². The number of rotatable bonds is 13. The van der Waals surface area contributed by atoms with E-state index in [4.69, 9.17) is 9.47 Å². The maximum absolute atomic E-state index is 14.4. The number of nitrogens with zero attached hydrogens (tertiary/aromatic N) is 3. The van der Waals surface area contributed by atoms with Crippen LogP contribution in [-0.2, 0) is 23.9 Å². The highest BCUT2D eigenvalue weighted by Crippen LogP contribution is 2.69. The van der Waals surface area contributed by atoms with E-state index >= 15 is 0 Å². The fourth-order valence-electron chi connectivity index (χ4n) is 6.77. The molecule has 0 saturated carbocycles. The summed E-state index contributed by atoms with van der Waals surface area (Å²) >= 11 is 1.63. The molecule has 0 aliphatic carbocycles. The topological polar surface area (TPSA) is 99.6 Å². The molecule has 3 unspecified atom stereocenters. The number of carbonyl (C=O) groups excluding carboxylic acids is 3. The summed E-state index contributed by atoms with van der Waals surface area (Å²) < 4.78 is 10.4. The van der Waals surface area contributed by atoms with E-state index in [0.717, 1.165) is 25.9 Å². The van der Waals surface area contributed by atoms with Gasteiger partial charge >= 0.3 is 5.97 Å². The molecule has 212 valence electrons. The second-order valence-electron chi connectivity index (χ2n) is 11.0. The SMILES string of the molecule is C=CCCCOC(=O)[C@@H]1[C@@H]2CC(C)C3(S2)C(C(=O)N(CC=C)CCN2CCOCC2)N([C@H](C)CO)C(=O)[C@H]13. The smallest absolute Gasteiger partial charge is 0.310 e. The number of unbranched alkanes of at least 4 members (excludes halogenated alkanes) is 1. The molecule has 4 heterocycles. The molecule has 0 aromatic rings. The van der Waals surface area contributed by atoms with Gasteiger partial charge in [0, 0.05) is 38.0 Å². The molecule has 7 atom stereocenters. The molecule has 38 heavy (non-hydrogen) atoms. The molecule has 4 rings (SSSR count). The predicted molar refractivity (Wildman–Crippen MR) is 146 cm³/mol. The Morgan fingerprint density at radius 1 is 1.32 bits per heavy atom. The Morgan fingerprint density at radius 3 is 2.71 bits per heavy atom. The lowest BCUT2D eigenvalue weighted by Crippen LogP contribution is -2.59. The fourth-order valence-corrected chi connectivity index (χ4v) is 9.16. The van der Waals surface area contributed by atoms with Crippen molar-refractivity contribution in [1.82, 2.24) is 14.7 Å². The van der Waals surface area contributed by atoms with Gasteiger partial charge in [0.05, 0.1) is 49.1 Å². The summed E-state index contributed by atoms with van der Waals surface area (Å²) in [7, 11) is 0. The number of amides is 2. The lowest BCUT2D eigenvalue weighted by Gasteiger charge is -2.41. The fraction of sp³-hybridized carbons (Fsp3) is 0.750. The number of esters is 1. The van der Waals surface area contributed by atoms with Gasteiger partial charge in [-0.25, -0.2) is 0 Å². The van der Waals surface area contributed by atoms with Crippen molar-refractivity contribution < 1.29 is 29.0 Å². The normalized spacial score (nSPS) is 33.2. The van der Waals surface area contributed by atoms with Crippen molar-refractivity contribution in [2.45, 2.75) is 55.2 Å². The molecule has 1 N–H and O–H groups in total. The second-order valence-corrected chi connectivity index (χ2v) is 12.5. The first-order valence-corrected chi connectivity index (χ1v) is 14.8. The molecule has 1 spiro atoms. The lowest BCUT2D eigenvalue weighted by atomic mass is 9.66. The molecule has 4 saturated heterocycles. The Bertz CT molecular complexity index is 911. The molecule has 4 fully saturated rings. The van der Waals surface area contributed by atoms with Crippen molar-refractivity contribution in [3.8, 4) is 0 Å². The van der Waals surface area contributed by atoms with Gasteiger partial charge in [-0.05, 0) is 32.1 Å². The number of thioether (sulfide) groups is 1. The zero-order valence-electron chi connectivity index (χ0n) is 22.8. The average Bonchev–Trinajstić information content (AvgIpc) is 3.52. The molecule has 0 aromatic carbocycles. The monoisotopic (exact) mass is 549 g/mol. The first kappa shape index (κ1) is 29.1. The van der Waals surface area contributed by atoms with Crippen molar-refractivity contribution in [2.24, 2.45) is 17.8 Å². The van der Waals surface area contributed by atoms with Gasteiger partial charge in [-0.1, -0.05) is 19.1 Å². The minimum absolute atomic E-state index is 0.0610. The maximum Gasteiger partial charge on any atom is 0.310 e. The highest BCUT2D eigenvalue weighted by Gasteiger charge is 2.77. The van der Waals surface area contributed by atoms with Crippen LogP contribution in [0.4, 0.5) is 0 Å². The zero-order chi connectivity index (χ0) is 27.4. The number of carbonyl (C=O) groups is 3. The second kappa shape index (κ2) is 12.5. The van der Waals surface area contributed by atoms with Crippen LogP contribution in [0.2, 0.25) is 0 Å². The molecule has 0 aromatic heterocycles. The van der Waals surface area contributed by atoms with Crippen molar-refractivity contribution in [1.29, 1.82) is 0 Å². The van der Waals surface area contributed by atoms with Crippen molar-refractivity contribution in [3.05, 3.63) is 25.3 Å². The van der Waals surface area contributed by atoms with Gasteiger partial charge in [0.2, 0.25) is 11.8 Å². The van der Waals surface area contributed by atoms with Gasteiger partial charge < -0.3 is 24.4 Å². The number of fused-ring (bicyclic) bond motifs is 1. The van der Waals surface area contributed by atoms with Crippen LogP contribution in [0, 0.1) is 17.8 Å². The largest absolute Gasteiger partial charge is 0.465 e. The lowest BCUT2D eigenvalue weighted by molar-refractivity contribution is -0.155. The van der Waals surface area contributed by atoms with Crippen LogP contribution in [0.1, 0.15) is 33.1 Å². The molecule has 4 aliphatic rings. The number of hydrogen-bond donors (Lipinski definition) is 1. The van der Waals surface area contributed by atoms with Crippen LogP contribution >= 0.6 is 11.8 Å². The highest BCUT2D eigenvalue weighted by atomic mass is 32.2. The summed E-state index contributed by atoms with van der Waals surface area (Å²) in [5.74, 6) is -1.86. The molecule has 0 radical (unpaired) electrons. The predicted octanol–water partition coefficient (Wildman–Crippen LogP) is 1.56. The van der Waals surface area contributed by atoms with Gasteiger partial charge in [0.15, 0.2) is 0 Å². The number of allylic oxidation sites excluding steroid dienone is 1. The van der Waals surface area contributed by atoms with E-state index in [1.807, 2.05) is 0 Å². The quantitative estimate of drug-likeness (QED) is 0.210. The number of morpholine rings is 1. The molecule has 2 bridgehead atoms. The van der Waals surface area contributed by atoms with Gasteiger partial charge in [-0.2, -0.15) is 0 Å². The zero-order valence-corrected chi connectivity index (χ0v) is 23.6. The van der Waals surface area contributed by atoms with Gasteiger partial charge in [-0.15, -0.1) is 24.9 Å². The Balaban J connectivity index is 1.62. The molecule has 4 aliphatic heterocycles. The molecular weight excluding hydrogens is 506 g/mol. The summed E-state index contributed by atoms with van der Waals surface area (Å²) in [6, 6.07) is -1.30. The van der Waals surface area contributed by atoms with Crippen LogP contribution in [0.3, 0.4) is 0 Å². The van der Waals surface area contributed by atoms with Crippen LogP contribution in [0.5, 0.6) is 0 Å². The molecule has 2 amide bonds. The number of aliphatic hydroxyl groups is 1. The summed E-state index contributed by atoms with van der Waals surface area (Å²) in [6.45, 7) is 16.1. The van der Waals surface area contributed by atoms with E-state index in [1.54, 1.807) is 40.6 Å².